The van der Waals surface area contributed by atoms with Gasteiger partial charge in [0, 0.05) is 24.2 Å². The Balaban J connectivity index is 1.80. The minimum absolute atomic E-state index is 0.277. The zero-order valence-electron chi connectivity index (χ0n) is 11.6. The van der Waals surface area contributed by atoms with Crippen molar-refractivity contribution in [2.24, 2.45) is 0 Å². The van der Waals surface area contributed by atoms with Gasteiger partial charge in [-0.05, 0) is 50.8 Å². The molecule has 0 bridgehead atoms. The quantitative estimate of drug-likeness (QED) is 0.884. The molecule has 1 aromatic rings. The van der Waals surface area contributed by atoms with Crippen LogP contribution in [0.4, 0.5) is 5.69 Å². The fourth-order valence-corrected chi connectivity index (χ4v) is 3.31. The van der Waals surface area contributed by atoms with Crippen LogP contribution in [0, 0.1) is 0 Å². The van der Waals surface area contributed by atoms with Crippen molar-refractivity contribution in [2.45, 2.75) is 51.1 Å². The lowest BCUT2D eigenvalue weighted by molar-refractivity contribution is -0.119. The van der Waals surface area contributed by atoms with Gasteiger partial charge in [-0.3, -0.25) is 4.79 Å². The number of aryl methyl sites for hydroxylation is 1. The molecule has 3 nitrogen and oxygen atoms in total. The minimum Gasteiger partial charge on any atom is -0.313 e. The third-order valence-corrected chi connectivity index (χ3v) is 4.38. The van der Waals surface area contributed by atoms with Crippen molar-refractivity contribution < 1.29 is 4.79 Å². The molecule has 0 radical (unpaired) electrons. The van der Waals surface area contributed by atoms with Crippen LogP contribution in [0.3, 0.4) is 0 Å². The SMILES string of the molecule is CC1CCc2ccccc2N1C(=O)CC1CCCN1. The van der Waals surface area contributed by atoms with E-state index >= 15 is 0 Å². The van der Waals surface area contributed by atoms with E-state index in [1.54, 1.807) is 0 Å². The van der Waals surface area contributed by atoms with Crippen LogP contribution in [0.15, 0.2) is 24.3 Å². The molecule has 2 atom stereocenters. The molecule has 2 heterocycles. The Kier molecular flexibility index (Phi) is 3.56. The van der Waals surface area contributed by atoms with Crippen LogP contribution in [-0.4, -0.2) is 24.5 Å². The maximum Gasteiger partial charge on any atom is 0.228 e. The average molecular weight is 258 g/mol. The summed E-state index contributed by atoms with van der Waals surface area (Å²) in [4.78, 5) is 14.6. The van der Waals surface area contributed by atoms with Gasteiger partial charge in [-0.2, -0.15) is 0 Å². The van der Waals surface area contributed by atoms with Crippen molar-refractivity contribution in [2.75, 3.05) is 11.4 Å². The summed E-state index contributed by atoms with van der Waals surface area (Å²) in [7, 11) is 0. The van der Waals surface area contributed by atoms with E-state index in [1.165, 1.54) is 12.0 Å². The number of fused-ring (bicyclic) bond motifs is 1. The van der Waals surface area contributed by atoms with Crippen molar-refractivity contribution in [3.05, 3.63) is 29.8 Å². The van der Waals surface area contributed by atoms with Crippen LogP contribution in [0.25, 0.3) is 0 Å². The highest BCUT2D eigenvalue weighted by Crippen LogP contribution is 2.31. The molecule has 3 rings (SSSR count). The zero-order valence-corrected chi connectivity index (χ0v) is 11.6. The van der Waals surface area contributed by atoms with Crippen LogP contribution in [-0.2, 0) is 11.2 Å². The van der Waals surface area contributed by atoms with Gasteiger partial charge in [-0.25, -0.2) is 0 Å². The second-order valence-corrected chi connectivity index (χ2v) is 5.78. The smallest absolute Gasteiger partial charge is 0.228 e. The third kappa shape index (κ3) is 2.52. The van der Waals surface area contributed by atoms with Crippen molar-refractivity contribution in [3.63, 3.8) is 0 Å². The molecule has 0 aliphatic carbocycles. The standard InChI is InChI=1S/C16H22N2O/c1-12-8-9-13-5-2-3-7-15(13)18(12)16(19)11-14-6-4-10-17-14/h2-3,5,7,12,14,17H,4,6,8-11H2,1H3. The van der Waals surface area contributed by atoms with E-state index in [1.807, 2.05) is 11.0 Å². The fourth-order valence-electron chi connectivity index (χ4n) is 3.31. The molecular formula is C16H22N2O. The summed E-state index contributed by atoms with van der Waals surface area (Å²) in [6.45, 7) is 3.22. The van der Waals surface area contributed by atoms with Crippen molar-refractivity contribution >= 4 is 11.6 Å². The molecule has 0 spiro atoms. The van der Waals surface area contributed by atoms with Crippen LogP contribution in [0.2, 0.25) is 0 Å². The highest BCUT2D eigenvalue weighted by molar-refractivity contribution is 5.95. The van der Waals surface area contributed by atoms with Gasteiger partial charge in [-0.1, -0.05) is 18.2 Å². The number of nitrogens with one attached hydrogen (secondary N) is 1. The predicted octanol–water partition coefficient (Wildman–Crippen LogP) is 2.50. The molecule has 1 fully saturated rings. The van der Waals surface area contributed by atoms with Gasteiger partial charge in [-0.15, -0.1) is 0 Å². The molecule has 1 N–H and O–H groups in total. The minimum atomic E-state index is 0.277. The largest absolute Gasteiger partial charge is 0.313 e. The molecule has 0 aromatic heterocycles. The van der Waals surface area contributed by atoms with Gasteiger partial charge in [0.05, 0.1) is 0 Å². The Hall–Kier alpha value is -1.35. The van der Waals surface area contributed by atoms with Gasteiger partial charge < -0.3 is 10.2 Å². The molecule has 0 saturated carbocycles. The maximum absolute atomic E-state index is 12.6. The monoisotopic (exact) mass is 258 g/mol. The lowest BCUT2D eigenvalue weighted by Crippen LogP contribution is -2.44. The first-order chi connectivity index (χ1) is 9.25. The summed E-state index contributed by atoms with van der Waals surface area (Å²) in [5.41, 5.74) is 2.44. The first-order valence-corrected chi connectivity index (χ1v) is 7.39. The molecule has 2 aliphatic rings. The Bertz CT molecular complexity index is 466. The zero-order chi connectivity index (χ0) is 13.2. The second kappa shape index (κ2) is 5.33. The lowest BCUT2D eigenvalue weighted by Gasteiger charge is -2.36. The number of carbonyl (C=O) groups excluding carboxylic acids is 1. The first kappa shape index (κ1) is 12.7. The molecule has 1 saturated heterocycles. The van der Waals surface area contributed by atoms with E-state index in [9.17, 15) is 4.79 Å². The molecule has 102 valence electrons. The molecule has 1 aromatic carbocycles. The second-order valence-electron chi connectivity index (χ2n) is 5.78. The first-order valence-electron chi connectivity index (χ1n) is 7.39. The Morgan fingerprint density at radius 3 is 3.00 bits per heavy atom. The summed E-state index contributed by atoms with van der Waals surface area (Å²) in [5.74, 6) is 0.277. The summed E-state index contributed by atoms with van der Waals surface area (Å²) >= 11 is 0. The highest BCUT2D eigenvalue weighted by atomic mass is 16.2. The normalized spacial score (nSPS) is 26.3. The van der Waals surface area contributed by atoms with E-state index in [0.29, 0.717) is 18.5 Å². The summed E-state index contributed by atoms with van der Waals surface area (Å²) in [6, 6.07) is 9.04. The molecule has 2 aliphatic heterocycles. The van der Waals surface area contributed by atoms with Crippen LogP contribution < -0.4 is 10.2 Å². The fraction of sp³-hybridized carbons (Fsp3) is 0.562. The summed E-state index contributed by atoms with van der Waals surface area (Å²) in [5, 5.41) is 3.42. The number of anilines is 1. The number of amides is 1. The number of nitrogens with zero attached hydrogens (tertiary/aromatic N) is 1. The van der Waals surface area contributed by atoms with Crippen LogP contribution in [0.1, 0.15) is 38.2 Å². The number of para-hydroxylation sites is 1. The molecule has 2 unspecified atom stereocenters. The van der Waals surface area contributed by atoms with Crippen molar-refractivity contribution in [1.82, 2.24) is 5.32 Å². The van der Waals surface area contributed by atoms with E-state index in [0.717, 1.165) is 31.5 Å². The topological polar surface area (TPSA) is 32.3 Å². The van der Waals surface area contributed by atoms with Gasteiger partial charge >= 0.3 is 0 Å². The van der Waals surface area contributed by atoms with Gasteiger partial charge in [0.15, 0.2) is 0 Å². The number of carbonyl (C=O) groups is 1. The Morgan fingerprint density at radius 2 is 2.21 bits per heavy atom. The van der Waals surface area contributed by atoms with Crippen molar-refractivity contribution in [1.29, 1.82) is 0 Å². The predicted molar refractivity (Wildman–Crippen MR) is 77.4 cm³/mol. The third-order valence-electron chi connectivity index (χ3n) is 4.38. The van der Waals surface area contributed by atoms with E-state index in [-0.39, 0.29) is 5.91 Å². The highest BCUT2D eigenvalue weighted by Gasteiger charge is 2.29. The number of benzene rings is 1. The van der Waals surface area contributed by atoms with Gasteiger partial charge in [0.2, 0.25) is 5.91 Å². The molecule has 19 heavy (non-hydrogen) atoms. The number of hydrogen-bond acceptors (Lipinski definition) is 2. The summed E-state index contributed by atoms with van der Waals surface area (Å²) in [6.07, 6.45) is 5.13. The van der Waals surface area contributed by atoms with Gasteiger partial charge in [0.1, 0.15) is 0 Å². The average Bonchev–Trinajstić information content (AvgIpc) is 2.91. The van der Waals surface area contributed by atoms with E-state index in [2.05, 4.69) is 30.4 Å². The summed E-state index contributed by atoms with van der Waals surface area (Å²) < 4.78 is 0. The van der Waals surface area contributed by atoms with E-state index < -0.39 is 0 Å². The lowest BCUT2D eigenvalue weighted by atomic mass is 9.96. The number of hydrogen-bond donors (Lipinski definition) is 1. The van der Waals surface area contributed by atoms with E-state index in [4.69, 9.17) is 0 Å². The van der Waals surface area contributed by atoms with Gasteiger partial charge in [0.25, 0.3) is 0 Å². The van der Waals surface area contributed by atoms with Crippen LogP contribution in [0.5, 0.6) is 0 Å². The Morgan fingerprint density at radius 1 is 1.37 bits per heavy atom. The number of rotatable bonds is 2. The Labute approximate surface area is 115 Å². The van der Waals surface area contributed by atoms with Crippen LogP contribution >= 0.6 is 0 Å². The molecular weight excluding hydrogens is 236 g/mol. The molecule has 3 heteroatoms. The maximum atomic E-state index is 12.6. The van der Waals surface area contributed by atoms with Crippen molar-refractivity contribution in [3.8, 4) is 0 Å². The molecule has 1 amide bonds.